The van der Waals surface area contributed by atoms with Gasteiger partial charge in [0.1, 0.15) is 5.78 Å². The summed E-state index contributed by atoms with van der Waals surface area (Å²) in [6.45, 7) is 46.5. The fourth-order valence-corrected chi connectivity index (χ4v) is 11.3. The molecule has 0 bridgehead atoms. The largest absolute Gasteiger partial charge is 0.393 e. The zero-order valence-corrected chi connectivity index (χ0v) is 48.9. The van der Waals surface area contributed by atoms with Crippen molar-refractivity contribution in [3.63, 3.8) is 0 Å². The van der Waals surface area contributed by atoms with Crippen LogP contribution in [0.1, 0.15) is 279 Å². The Bertz CT molecular complexity index is 1310. The Morgan fingerprint density at radius 2 is 0.824 bits per heavy atom. The Balaban J connectivity index is 0.000000411. The standard InChI is InChI=1S/C12H22O2.2C11H22O.C10H20O.C10H18O.C8H16/c1-11(2,3)10-4-6-12(7-5-10)13-8-9-14-12;1-11(2,3)9-5-4-6-10(12)8-7-9;1-11(2,3)9-6-4-5-7-10(12)8-9;2*1-10(2,3)8-4-6-9(11)7-5-8;1-5-6-7-8(2,3)4/h10H,4-9H2,1-3H3;2*9-10,12H,4-8H2,1-3H3;8-9,11H,4-7H2,1-3H3;8H,4-7H2,1-3H3;5H,1,6-7H2,2-4H3. The number of Topliss-reactive ketones (excluding diaryl/α,β-unsaturated/α-hetero) is 1. The highest BCUT2D eigenvalue weighted by molar-refractivity contribution is 5.79. The van der Waals surface area contributed by atoms with E-state index in [-0.39, 0.29) is 24.1 Å². The van der Waals surface area contributed by atoms with E-state index in [1.54, 1.807) is 0 Å². The van der Waals surface area contributed by atoms with Gasteiger partial charge in [-0.3, -0.25) is 4.79 Å². The summed E-state index contributed by atoms with van der Waals surface area (Å²) >= 11 is 0. The molecule has 6 fully saturated rings. The summed E-state index contributed by atoms with van der Waals surface area (Å²) in [5.41, 5.74) is 2.59. The Morgan fingerprint density at radius 1 is 0.471 bits per heavy atom. The molecule has 1 saturated heterocycles. The van der Waals surface area contributed by atoms with Crippen LogP contribution in [-0.4, -0.2) is 58.4 Å². The fraction of sp³-hybridized carbons (Fsp3) is 0.952. The summed E-state index contributed by atoms with van der Waals surface area (Å²) in [5, 5.41) is 28.4. The van der Waals surface area contributed by atoms with Gasteiger partial charge >= 0.3 is 0 Å². The third-order valence-corrected chi connectivity index (χ3v) is 16.9. The third kappa shape index (κ3) is 28.5. The minimum atomic E-state index is -0.179. The maximum Gasteiger partial charge on any atom is 0.168 e. The topological polar surface area (TPSA) is 96.2 Å². The van der Waals surface area contributed by atoms with Gasteiger partial charge in [-0.05, 0) is 171 Å². The molecule has 1 aliphatic heterocycles. The summed E-state index contributed by atoms with van der Waals surface area (Å²) in [6, 6.07) is 0. The van der Waals surface area contributed by atoms with E-state index in [0.29, 0.717) is 38.3 Å². The van der Waals surface area contributed by atoms with E-state index in [9.17, 15) is 20.1 Å². The second-order valence-electron chi connectivity index (χ2n) is 29.1. The van der Waals surface area contributed by atoms with Crippen LogP contribution in [0.5, 0.6) is 0 Å². The maximum atomic E-state index is 10.9. The summed E-state index contributed by atoms with van der Waals surface area (Å²) in [6.07, 6.45) is 29.0. The third-order valence-electron chi connectivity index (χ3n) is 16.9. The molecule has 0 radical (unpaired) electrons. The zero-order valence-electron chi connectivity index (χ0n) is 48.9. The molecule has 1 heterocycles. The molecule has 68 heavy (non-hydrogen) atoms. The van der Waals surface area contributed by atoms with Gasteiger partial charge in [0.2, 0.25) is 0 Å². The van der Waals surface area contributed by atoms with Crippen molar-refractivity contribution in [1.82, 2.24) is 0 Å². The predicted molar refractivity (Wildman–Crippen MR) is 293 cm³/mol. The first kappa shape index (κ1) is 65.2. The van der Waals surface area contributed by atoms with Gasteiger partial charge < -0.3 is 24.8 Å². The van der Waals surface area contributed by atoms with Crippen LogP contribution in [-0.2, 0) is 14.3 Å². The van der Waals surface area contributed by atoms with Crippen LogP contribution in [0.2, 0.25) is 0 Å². The van der Waals surface area contributed by atoms with Gasteiger partial charge in [0.15, 0.2) is 5.79 Å². The molecule has 4 atom stereocenters. The zero-order chi connectivity index (χ0) is 52.2. The molecule has 5 aliphatic carbocycles. The molecule has 0 aromatic heterocycles. The van der Waals surface area contributed by atoms with Gasteiger partial charge in [0.25, 0.3) is 0 Å². The lowest BCUT2D eigenvalue weighted by molar-refractivity contribution is -0.186. The second kappa shape index (κ2) is 29.8. The van der Waals surface area contributed by atoms with Gasteiger partial charge in [0, 0.05) is 25.7 Å². The molecule has 5 saturated carbocycles. The lowest BCUT2D eigenvalue weighted by Crippen LogP contribution is -2.38. The first-order chi connectivity index (χ1) is 31.1. The molecule has 6 rings (SSSR count). The van der Waals surface area contributed by atoms with E-state index in [0.717, 1.165) is 126 Å². The number of aliphatic hydroxyl groups excluding tert-OH is 3. The number of hydrogen-bond acceptors (Lipinski definition) is 6. The lowest BCUT2D eigenvalue weighted by atomic mass is 9.71. The Hall–Kier alpha value is -0.790. The number of ketones is 1. The summed E-state index contributed by atoms with van der Waals surface area (Å²) in [7, 11) is 0. The molecule has 0 aromatic carbocycles. The number of hydrogen-bond donors (Lipinski definition) is 3. The van der Waals surface area contributed by atoms with Gasteiger partial charge in [-0.1, -0.05) is 150 Å². The van der Waals surface area contributed by atoms with E-state index < -0.39 is 0 Å². The van der Waals surface area contributed by atoms with Crippen molar-refractivity contribution in [2.24, 2.45) is 62.1 Å². The van der Waals surface area contributed by atoms with Crippen LogP contribution in [0.4, 0.5) is 0 Å². The average Bonchev–Trinajstić information content (AvgIpc) is 3.37. The van der Waals surface area contributed by atoms with Crippen molar-refractivity contribution < 1.29 is 29.6 Å². The van der Waals surface area contributed by atoms with Crippen molar-refractivity contribution in [3.8, 4) is 0 Å². The van der Waals surface area contributed by atoms with E-state index in [4.69, 9.17) is 9.47 Å². The number of carbonyl (C=O) groups excluding carboxylic acids is 1. The molecular formula is C62H120O6. The van der Waals surface area contributed by atoms with Crippen molar-refractivity contribution in [3.05, 3.63) is 12.7 Å². The molecule has 1 spiro atoms. The Kier molecular flexibility index (Phi) is 28.6. The molecule has 0 aromatic rings. The smallest absolute Gasteiger partial charge is 0.168 e. The average molecular weight is 962 g/mol. The monoisotopic (exact) mass is 961 g/mol. The minimum Gasteiger partial charge on any atom is -0.393 e. The van der Waals surface area contributed by atoms with Crippen molar-refractivity contribution in [1.29, 1.82) is 0 Å². The van der Waals surface area contributed by atoms with Crippen molar-refractivity contribution in [2.75, 3.05) is 13.2 Å². The number of rotatable bonds is 2. The normalized spacial score (nSPS) is 27.9. The van der Waals surface area contributed by atoms with Crippen LogP contribution in [0.25, 0.3) is 0 Å². The van der Waals surface area contributed by atoms with Gasteiger partial charge in [0.05, 0.1) is 31.5 Å². The molecule has 4 unspecified atom stereocenters. The van der Waals surface area contributed by atoms with Crippen LogP contribution in [0, 0.1) is 62.1 Å². The Labute approximate surface area is 424 Å². The molecule has 6 heteroatoms. The fourth-order valence-electron chi connectivity index (χ4n) is 11.3. The van der Waals surface area contributed by atoms with Crippen LogP contribution >= 0.6 is 0 Å². The van der Waals surface area contributed by atoms with Crippen LogP contribution in [0.15, 0.2) is 12.7 Å². The molecule has 6 nitrogen and oxygen atoms in total. The lowest BCUT2D eigenvalue weighted by Gasteiger charge is -2.40. The van der Waals surface area contributed by atoms with E-state index in [1.165, 1.54) is 70.6 Å². The van der Waals surface area contributed by atoms with Gasteiger partial charge in [-0.15, -0.1) is 6.58 Å². The van der Waals surface area contributed by atoms with Crippen LogP contribution < -0.4 is 0 Å². The number of carbonyl (C=O) groups is 1. The summed E-state index contributed by atoms with van der Waals surface area (Å²) in [5.74, 6) is 4.24. The quantitative estimate of drug-likeness (QED) is 0.188. The van der Waals surface area contributed by atoms with E-state index in [2.05, 4.69) is 131 Å². The Morgan fingerprint density at radius 3 is 1.22 bits per heavy atom. The highest BCUT2D eigenvalue weighted by Gasteiger charge is 2.42. The van der Waals surface area contributed by atoms with E-state index in [1.807, 2.05) is 6.08 Å². The number of ether oxygens (including phenoxy) is 2. The maximum absolute atomic E-state index is 10.9. The number of allylic oxidation sites excluding steroid dienone is 1. The van der Waals surface area contributed by atoms with E-state index >= 15 is 0 Å². The summed E-state index contributed by atoms with van der Waals surface area (Å²) < 4.78 is 11.4. The highest BCUT2D eigenvalue weighted by Crippen LogP contribution is 2.45. The van der Waals surface area contributed by atoms with Crippen LogP contribution in [0.3, 0.4) is 0 Å². The molecule has 6 aliphatic rings. The summed E-state index contributed by atoms with van der Waals surface area (Å²) in [4.78, 5) is 10.9. The number of aliphatic hydroxyl groups is 3. The first-order valence-electron chi connectivity index (χ1n) is 28.5. The van der Waals surface area contributed by atoms with Crippen molar-refractivity contribution in [2.45, 2.75) is 303 Å². The highest BCUT2D eigenvalue weighted by atomic mass is 16.7. The van der Waals surface area contributed by atoms with Crippen molar-refractivity contribution >= 4 is 5.78 Å². The predicted octanol–water partition coefficient (Wildman–Crippen LogP) is 17.3. The molecular weight excluding hydrogens is 841 g/mol. The minimum absolute atomic E-state index is 0.00593. The first-order valence-corrected chi connectivity index (χ1v) is 28.5. The SMILES string of the molecule is C=CCCC(C)(C)C.CC(C)(C)C1CCC(=O)CC1.CC(C)(C)C1CCC(O)CC1.CC(C)(C)C1CCC2(CC1)OCCO2.CC(C)(C)C1CCCC(O)CC1.CC(C)(C)C1CCCCC(O)C1. The molecule has 3 N–H and O–H groups in total. The van der Waals surface area contributed by atoms with Gasteiger partial charge in [-0.25, -0.2) is 0 Å². The second-order valence-corrected chi connectivity index (χ2v) is 29.1. The molecule has 404 valence electrons. The van der Waals surface area contributed by atoms with Gasteiger partial charge in [-0.2, -0.15) is 0 Å². The molecule has 0 amide bonds.